The second-order valence-corrected chi connectivity index (χ2v) is 6.26. The number of aryl methyl sites for hydroxylation is 2. The number of benzene rings is 3. The summed E-state index contributed by atoms with van der Waals surface area (Å²) in [6.45, 7) is 5.10. The number of anilines is 1. The maximum atomic E-state index is 12.7. The molecule has 0 radical (unpaired) electrons. The van der Waals surface area contributed by atoms with Crippen LogP contribution in [0.1, 0.15) is 21.5 Å². The first-order valence-corrected chi connectivity index (χ1v) is 8.19. The first-order chi connectivity index (χ1) is 11.6. The molecular weight excluding hydrogens is 298 g/mol. The van der Waals surface area contributed by atoms with Gasteiger partial charge in [0.1, 0.15) is 12.4 Å². The summed E-state index contributed by atoms with van der Waals surface area (Å²) >= 11 is 0. The summed E-state index contributed by atoms with van der Waals surface area (Å²) in [5, 5.41) is 2.16. The van der Waals surface area contributed by atoms with E-state index in [0.717, 1.165) is 33.3 Å². The Labute approximate surface area is 141 Å². The molecule has 0 saturated heterocycles. The molecule has 1 amide bonds. The largest absolute Gasteiger partial charge is 0.491 e. The molecule has 1 aliphatic rings. The fourth-order valence-electron chi connectivity index (χ4n) is 3.31. The van der Waals surface area contributed by atoms with E-state index in [1.165, 1.54) is 5.56 Å². The molecule has 1 aliphatic heterocycles. The highest BCUT2D eigenvalue weighted by Gasteiger charge is 2.29. The second kappa shape index (κ2) is 5.68. The Balaban J connectivity index is 1.55. The van der Waals surface area contributed by atoms with Gasteiger partial charge in [-0.25, -0.2) is 0 Å². The normalized spacial score (nSPS) is 12.9. The van der Waals surface area contributed by atoms with Gasteiger partial charge in [-0.2, -0.15) is 0 Å². The van der Waals surface area contributed by atoms with E-state index in [1.54, 1.807) is 0 Å². The zero-order valence-corrected chi connectivity index (χ0v) is 13.9. The molecule has 4 rings (SSSR count). The van der Waals surface area contributed by atoms with Crippen LogP contribution in [0.25, 0.3) is 10.8 Å². The van der Waals surface area contributed by atoms with E-state index in [9.17, 15) is 4.79 Å². The summed E-state index contributed by atoms with van der Waals surface area (Å²) in [6.07, 6.45) is 0. The van der Waals surface area contributed by atoms with Crippen molar-refractivity contribution in [3.8, 4) is 5.75 Å². The lowest BCUT2D eigenvalue weighted by Gasteiger charge is -2.18. The molecule has 0 saturated carbocycles. The van der Waals surface area contributed by atoms with Gasteiger partial charge >= 0.3 is 0 Å². The molecule has 0 bridgehead atoms. The van der Waals surface area contributed by atoms with E-state index in [1.807, 2.05) is 61.2 Å². The number of carbonyl (C=O) groups is 1. The van der Waals surface area contributed by atoms with Crippen molar-refractivity contribution in [1.29, 1.82) is 0 Å². The molecule has 3 heteroatoms. The van der Waals surface area contributed by atoms with Crippen LogP contribution < -0.4 is 9.64 Å². The van der Waals surface area contributed by atoms with Crippen LogP contribution in [0, 0.1) is 13.8 Å². The van der Waals surface area contributed by atoms with Crippen LogP contribution >= 0.6 is 0 Å². The van der Waals surface area contributed by atoms with Gasteiger partial charge in [0.25, 0.3) is 5.91 Å². The van der Waals surface area contributed by atoms with Crippen molar-refractivity contribution in [3.63, 3.8) is 0 Å². The molecule has 0 aliphatic carbocycles. The van der Waals surface area contributed by atoms with Crippen LogP contribution in [0.3, 0.4) is 0 Å². The topological polar surface area (TPSA) is 29.5 Å². The van der Waals surface area contributed by atoms with Crippen LogP contribution in [0.15, 0.2) is 54.6 Å². The quantitative estimate of drug-likeness (QED) is 0.709. The molecule has 24 heavy (non-hydrogen) atoms. The van der Waals surface area contributed by atoms with E-state index < -0.39 is 0 Å². The number of carbonyl (C=O) groups excluding carboxylic acids is 1. The third-order valence-corrected chi connectivity index (χ3v) is 4.57. The van der Waals surface area contributed by atoms with E-state index in [4.69, 9.17) is 4.74 Å². The fraction of sp³-hybridized carbons (Fsp3) is 0.190. The summed E-state index contributed by atoms with van der Waals surface area (Å²) in [4.78, 5) is 14.5. The van der Waals surface area contributed by atoms with Crippen LogP contribution in [-0.4, -0.2) is 19.1 Å². The summed E-state index contributed by atoms with van der Waals surface area (Å²) < 4.78 is 5.93. The predicted molar refractivity (Wildman–Crippen MR) is 97.0 cm³/mol. The summed E-state index contributed by atoms with van der Waals surface area (Å²) in [5.74, 6) is 0.948. The first kappa shape index (κ1) is 14.8. The third kappa shape index (κ3) is 2.33. The van der Waals surface area contributed by atoms with Crippen molar-refractivity contribution in [2.75, 3.05) is 18.1 Å². The number of hydrogen-bond acceptors (Lipinski definition) is 2. The van der Waals surface area contributed by atoms with E-state index in [0.29, 0.717) is 13.2 Å². The SMILES string of the molecule is Cc1ccc(C)c(OCCN2C(=O)c3cccc4cccc2c34)c1. The molecule has 0 fully saturated rings. The standard InChI is InChI=1S/C21H19NO2/c1-14-9-10-15(2)19(13-14)24-12-11-22-18-8-4-6-16-5-3-7-17(20(16)18)21(22)23/h3-10,13H,11-12H2,1-2H3. The lowest BCUT2D eigenvalue weighted by atomic mass is 10.1. The number of ether oxygens (including phenoxy) is 1. The molecule has 3 aromatic rings. The van der Waals surface area contributed by atoms with Crippen LogP contribution in [0.4, 0.5) is 5.69 Å². The molecule has 0 atom stereocenters. The maximum Gasteiger partial charge on any atom is 0.259 e. The van der Waals surface area contributed by atoms with E-state index in [2.05, 4.69) is 12.1 Å². The Morgan fingerprint density at radius 2 is 1.79 bits per heavy atom. The van der Waals surface area contributed by atoms with Crippen LogP contribution in [-0.2, 0) is 0 Å². The minimum absolute atomic E-state index is 0.0614. The highest BCUT2D eigenvalue weighted by Crippen LogP contribution is 2.36. The van der Waals surface area contributed by atoms with Crippen LogP contribution in [0.2, 0.25) is 0 Å². The molecule has 0 N–H and O–H groups in total. The third-order valence-electron chi connectivity index (χ3n) is 4.57. The number of hydrogen-bond donors (Lipinski definition) is 0. The summed E-state index contributed by atoms with van der Waals surface area (Å²) in [5.41, 5.74) is 4.05. The van der Waals surface area contributed by atoms with Crippen molar-refractivity contribution in [2.45, 2.75) is 13.8 Å². The molecule has 0 aromatic heterocycles. The second-order valence-electron chi connectivity index (χ2n) is 6.26. The maximum absolute atomic E-state index is 12.7. The average molecular weight is 317 g/mol. The first-order valence-electron chi connectivity index (χ1n) is 8.19. The van der Waals surface area contributed by atoms with E-state index >= 15 is 0 Å². The van der Waals surface area contributed by atoms with Crippen molar-refractivity contribution in [1.82, 2.24) is 0 Å². The van der Waals surface area contributed by atoms with Gasteiger partial charge in [-0.1, -0.05) is 36.4 Å². The minimum atomic E-state index is 0.0614. The van der Waals surface area contributed by atoms with Crippen LogP contribution in [0.5, 0.6) is 5.75 Å². The van der Waals surface area contributed by atoms with Gasteiger partial charge in [-0.15, -0.1) is 0 Å². The fourth-order valence-corrected chi connectivity index (χ4v) is 3.31. The summed E-state index contributed by atoms with van der Waals surface area (Å²) in [7, 11) is 0. The molecule has 1 heterocycles. The van der Waals surface area contributed by atoms with Gasteiger partial charge in [0.15, 0.2) is 0 Å². The highest BCUT2D eigenvalue weighted by molar-refractivity contribution is 6.24. The number of nitrogens with zero attached hydrogens (tertiary/aromatic N) is 1. The molecule has 3 nitrogen and oxygen atoms in total. The van der Waals surface area contributed by atoms with Gasteiger partial charge in [0.2, 0.25) is 0 Å². The van der Waals surface area contributed by atoms with Crippen molar-refractivity contribution < 1.29 is 9.53 Å². The minimum Gasteiger partial charge on any atom is -0.491 e. The Morgan fingerprint density at radius 1 is 1.00 bits per heavy atom. The molecule has 0 spiro atoms. The van der Waals surface area contributed by atoms with Gasteiger partial charge in [-0.3, -0.25) is 4.79 Å². The van der Waals surface area contributed by atoms with Crippen molar-refractivity contribution >= 4 is 22.4 Å². The van der Waals surface area contributed by atoms with Crippen molar-refractivity contribution in [2.24, 2.45) is 0 Å². The van der Waals surface area contributed by atoms with E-state index in [-0.39, 0.29) is 5.91 Å². The van der Waals surface area contributed by atoms with Gasteiger partial charge in [0, 0.05) is 10.9 Å². The predicted octanol–water partition coefficient (Wildman–Crippen LogP) is 4.50. The monoisotopic (exact) mass is 317 g/mol. The Kier molecular flexibility index (Phi) is 3.49. The molecular formula is C21H19NO2. The Bertz CT molecular complexity index is 940. The smallest absolute Gasteiger partial charge is 0.259 e. The lowest BCUT2D eigenvalue weighted by Crippen LogP contribution is -2.31. The highest BCUT2D eigenvalue weighted by atomic mass is 16.5. The Hall–Kier alpha value is -2.81. The van der Waals surface area contributed by atoms with Gasteiger partial charge in [0.05, 0.1) is 12.2 Å². The average Bonchev–Trinajstić information content (AvgIpc) is 2.86. The van der Waals surface area contributed by atoms with Gasteiger partial charge < -0.3 is 9.64 Å². The molecule has 0 unspecified atom stereocenters. The summed E-state index contributed by atoms with van der Waals surface area (Å²) in [6, 6.07) is 18.1. The molecule has 3 aromatic carbocycles. The van der Waals surface area contributed by atoms with Crippen molar-refractivity contribution in [3.05, 3.63) is 71.3 Å². The lowest BCUT2D eigenvalue weighted by molar-refractivity contribution is 0.0989. The zero-order valence-electron chi connectivity index (χ0n) is 13.9. The van der Waals surface area contributed by atoms with Gasteiger partial charge in [-0.05, 0) is 48.6 Å². The number of rotatable bonds is 4. The number of amides is 1. The molecule has 120 valence electrons. The Morgan fingerprint density at radius 3 is 2.62 bits per heavy atom. The zero-order chi connectivity index (χ0) is 16.7.